The van der Waals surface area contributed by atoms with Gasteiger partial charge in [0.25, 0.3) is 0 Å². The van der Waals surface area contributed by atoms with Gasteiger partial charge in [-0.2, -0.15) is 10.5 Å². The lowest BCUT2D eigenvalue weighted by molar-refractivity contribution is 0.340. The summed E-state index contributed by atoms with van der Waals surface area (Å²) in [6, 6.07) is 11.8. The molecule has 0 unspecified atom stereocenters. The average Bonchev–Trinajstić information content (AvgIpc) is 2.30. The zero-order valence-corrected chi connectivity index (χ0v) is 9.31. The number of nitrogens with zero attached hydrogens (tertiary/aromatic N) is 2. The fourth-order valence-electron chi connectivity index (χ4n) is 1.53. The van der Waals surface area contributed by atoms with Gasteiger partial charge < -0.3 is 4.74 Å². The normalized spacial score (nSPS) is 9.50. The Morgan fingerprint density at radius 1 is 1.12 bits per heavy atom. The molecule has 0 saturated carbocycles. The van der Waals surface area contributed by atoms with Crippen LogP contribution in [-0.2, 0) is 0 Å². The number of benzene rings is 1. The summed E-state index contributed by atoms with van der Waals surface area (Å²) in [5.74, 6) is 0.824. The van der Waals surface area contributed by atoms with E-state index in [0.29, 0.717) is 19.4 Å². The summed E-state index contributed by atoms with van der Waals surface area (Å²) in [5, 5.41) is 17.4. The van der Waals surface area contributed by atoms with Gasteiger partial charge in [-0.1, -0.05) is 12.1 Å². The third-order valence-electron chi connectivity index (χ3n) is 2.34. The summed E-state index contributed by atoms with van der Waals surface area (Å²) >= 11 is 0. The second kappa shape index (κ2) is 6.48. The molecule has 3 heteroatoms. The van der Waals surface area contributed by atoms with Crippen molar-refractivity contribution in [3.8, 4) is 17.9 Å². The van der Waals surface area contributed by atoms with Crippen LogP contribution in [-0.4, -0.2) is 6.61 Å². The van der Waals surface area contributed by atoms with Crippen LogP contribution in [0.2, 0.25) is 0 Å². The van der Waals surface area contributed by atoms with E-state index in [0.717, 1.165) is 11.3 Å². The number of hydrogen-bond donors (Lipinski definition) is 0. The first-order valence-corrected chi connectivity index (χ1v) is 5.28. The number of ether oxygens (including phenoxy) is 1. The predicted octanol–water partition coefficient (Wildman–Crippen LogP) is 3.00. The van der Waals surface area contributed by atoms with E-state index >= 15 is 0 Å². The van der Waals surface area contributed by atoms with Gasteiger partial charge in [0.2, 0.25) is 0 Å². The molecule has 0 aromatic heterocycles. The minimum atomic E-state index is 0.00526. The van der Waals surface area contributed by atoms with Gasteiger partial charge >= 0.3 is 0 Å². The molecule has 0 fully saturated rings. The van der Waals surface area contributed by atoms with Crippen molar-refractivity contribution in [1.82, 2.24) is 0 Å². The van der Waals surface area contributed by atoms with Crippen molar-refractivity contribution in [1.29, 1.82) is 10.5 Å². The van der Waals surface area contributed by atoms with E-state index in [4.69, 9.17) is 15.3 Å². The monoisotopic (exact) mass is 214 g/mol. The van der Waals surface area contributed by atoms with Gasteiger partial charge in [0, 0.05) is 18.8 Å². The Bertz CT molecular complexity index is 381. The molecule has 1 rings (SSSR count). The topological polar surface area (TPSA) is 56.8 Å². The first-order valence-electron chi connectivity index (χ1n) is 5.28. The van der Waals surface area contributed by atoms with Gasteiger partial charge in [-0.15, -0.1) is 0 Å². The van der Waals surface area contributed by atoms with E-state index in [9.17, 15) is 0 Å². The van der Waals surface area contributed by atoms with Crippen molar-refractivity contribution in [2.75, 3.05) is 6.61 Å². The van der Waals surface area contributed by atoms with Crippen molar-refractivity contribution in [2.24, 2.45) is 0 Å². The highest BCUT2D eigenvalue weighted by Gasteiger charge is 2.10. The van der Waals surface area contributed by atoms with Gasteiger partial charge in [0.1, 0.15) is 5.75 Å². The Hall–Kier alpha value is -2.00. The summed E-state index contributed by atoms with van der Waals surface area (Å²) in [6.07, 6.45) is 0.753. The standard InChI is InChI=1S/C13H14N2O/c1-2-16-13-5-3-11(4-6-13)12(7-9-14)8-10-15/h3-6,12H,2,7-8H2,1H3. The molecule has 0 aliphatic carbocycles. The molecule has 1 aromatic carbocycles. The second-order valence-electron chi connectivity index (χ2n) is 3.42. The molecule has 1 aromatic rings. The minimum absolute atomic E-state index is 0.00526. The molecule has 0 amide bonds. The molecule has 0 radical (unpaired) electrons. The van der Waals surface area contributed by atoms with Crippen LogP contribution < -0.4 is 4.74 Å². The van der Waals surface area contributed by atoms with E-state index < -0.39 is 0 Å². The Morgan fingerprint density at radius 3 is 2.12 bits per heavy atom. The quantitative estimate of drug-likeness (QED) is 0.757. The summed E-state index contributed by atoms with van der Waals surface area (Å²) in [5.41, 5.74) is 1.02. The smallest absolute Gasteiger partial charge is 0.119 e. The highest BCUT2D eigenvalue weighted by atomic mass is 16.5. The molecule has 0 aliphatic rings. The SMILES string of the molecule is CCOc1ccc(C(CC#N)CC#N)cc1. The van der Waals surface area contributed by atoms with Crippen LogP contribution in [0.5, 0.6) is 5.75 Å². The maximum atomic E-state index is 8.68. The molecular weight excluding hydrogens is 200 g/mol. The Labute approximate surface area is 95.9 Å². The van der Waals surface area contributed by atoms with Crippen LogP contribution in [0.1, 0.15) is 31.2 Å². The molecule has 0 atom stereocenters. The maximum Gasteiger partial charge on any atom is 0.119 e. The average molecular weight is 214 g/mol. The minimum Gasteiger partial charge on any atom is -0.494 e. The van der Waals surface area contributed by atoms with Crippen LogP contribution in [0.3, 0.4) is 0 Å². The first kappa shape index (κ1) is 12.1. The largest absolute Gasteiger partial charge is 0.494 e. The number of hydrogen-bond acceptors (Lipinski definition) is 3. The second-order valence-corrected chi connectivity index (χ2v) is 3.42. The molecular formula is C13H14N2O. The Balaban J connectivity index is 2.78. The maximum absolute atomic E-state index is 8.68. The predicted molar refractivity (Wildman–Crippen MR) is 60.8 cm³/mol. The van der Waals surface area contributed by atoms with Gasteiger partial charge in [-0.25, -0.2) is 0 Å². The molecule has 0 spiro atoms. The van der Waals surface area contributed by atoms with Crippen LogP contribution >= 0.6 is 0 Å². The molecule has 0 aliphatic heterocycles. The van der Waals surface area contributed by atoms with Crippen LogP contribution in [0.25, 0.3) is 0 Å². The lowest BCUT2D eigenvalue weighted by Gasteiger charge is -2.10. The summed E-state index contributed by atoms with van der Waals surface area (Å²) < 4.78 is 5.33. The number of nitriles is 2. The van der Waals surface area contributed by atoms with Crippen molar-refractivity contribution >= 4 is 0 Å². The summed E-state index contributed by atoms with van der Waals surface area (Å²) in [4.78, 5) is 0. The van der Waals surface area contributed by atoms with E-state index in [1.54, 1.807) is 0 Å². The molecule has 3 nitrogen and oxygen atoms in total. The fraction of sp³-hybridized carbons (Fsp3) is 0.385. The molecule has 0 bridgehead atoms. The number of rotatable bonds is 5. The third kappa shape index (κ3) is 3.29. The van der Waals surface area contributed by atoms with Gasteiger partial charge in [0.05, 0.1) is 18.7 Å². The van der Waals surface area contributed by atoms with E-state index in [1.165, 1.54) is 0 Å². The van der Waals surface area contributed by atoms with E-state index in [2.05, 4.69) is 12.1 Å². The lowest BCUT2D eigenvalue weighted by atomic mass is 9.94. The first-order chi connectivity index (χ1) is 7.81. The zero-order valence-electron chi connectivity index (χ0n) is 9.31. The van der Waals surface area contributed by atoms with Crippen LogP contribution in [0.4, 0.5) is 0 Å². The van der Waals surface area contributed by atoms with Gasteiger partial charge in [0.15, 0.2) is 0 Å². The van der Waals surface area contributed by atoms with Crippen LogP contribution in [0.15, 0.2) is 24.3 Å². The summed E-state index contributed by atoms with van der Waals surface area (Å²) in [7, 11) is 0. The molecule has 0 N–H and O–H groups in total. The van der Waals surface area contributed by atoms with Gasteiger partial charge in [-0.3, -0.25) is 0 Å². The molecule has 16 heavy (non-hydrogen) atoms. The van der Waals surface area contributed by atoms with Gasteiger partial charge in [-0.05, 0) is 24.6 Å². The Kier molecular flexibility index (Phi) is 4.89. The highest BCUT2D eigenvalue weighted by Crippen LogP contribution is 2.24. The fourth-order valence-corrected chi connectivity index (χ4v) is 1.53. The van der Waals surface area contributed by atoms with Crippen molar-refractivity contribution < 1.29 is 4.74 Å². The van der Waals surface area contributed by atoms with Crippen molar-refractivity contribution in [3.05, 3.63) is 29.8 Å². The molecule has 0 heterocycles. The van der Waals surface area contributed by atoms with Crippen molar-refractivity contribution in [2.45, 2.75) is 25.7 Å². The summed E-state index contributed by atoms with van der Waals surface area (Å²) in [6.45, 7) is 2.57. The van der Waals surface area contributed by atoms with Crippen molar-refractivity contribution in [3.63, 3.8) is 0 Å². The molecule has 0 saturated heterocycles. The van der Waals surface area contributed by atoms with E-state index in [-0.39, 0.29) is 5.92 Å². The lowest BCUT2D eigenvalue weighted by Crippen LogP contribution is -1.97. The third-order valence-corrected chi connectivity index (χ3v) is 2.34. The zero-order chi connectivity index (χ0) is 11.8. The van der Waals surface area contributed by atoms with E-state index in [1.807, 2.05) is 31.2 Å². The van der Waals surface area contributed by atoms with Crippen LogP contribution in [0, 0.1) is 22.7 Å². The highest BCUT2D eigenvalue weighted by molar-refractivity contribution is 5.30. The molecule has 82 valence electrons. The Morgan fingerprint density at radius 2 is 1.69 bits per heavy atom.